The smallest absolute Gasteiger partial charge is 0.759 e. The van der Waals surface area contributed by atoms with E-state index in [9.17, 15) is 0 Å². The zero-order valence-corrected chi connectivity index (χ0v) is 7.27. The van der Waals surface area contributed by atoms with Crippen molar-refractivity contribution in [1.82, 2.24) is 0 Å². The molecule has 0 spiro atoms. The van der Waals surface area contributed by atoms with Gasteiger partial charge in [0.1, 0.15) is 0 Å². The van der Waals surface area contributed by atoms with Gasteiger partial charge < -0.3 is 18.2 Å². The average molecular weight is 247 g/mol. The Balaban J connectivity index is -0.000000107. The Morgan fingerprint density at radius 2 is 0.636 bits per heavy atom. The van der Waals surface area contributed by atoms with E-state index in [1.54, 1.807) is 0 Å². The quantitative estimate of drug-likeness (QED) is 0.254. The van der Waals surface area contributed by atoms with Crippen LogP contribution in [0.3, 0.4) is 0 Å². The minimum Gasteiger partial charge on any atom is -0.759 e. The summed E-state index contributed by atoms with van der Waals surface area (Å²) in [6, 6.07) is 0. The molecular formula is MnO8S2-2. The first-order chi connectivity index (χ1) is 4.00. The van der Waals surface area contributed by atoms with E-state index in [1.165, 1.54) is 0 Å². The third kappa shape index (κ3) is 10400. The molecule has 69 valence electrons. The number of hydrogen-bond acceptors (Lipinski definition) is 8. The molecule has 0 rings (SSSR count). The van der Waals surface area contributed by atoms with Crippen LogP contribution in [0.1, 0.15) is 0 Å². The Kier molecular flexibility index (Phi) is 9.24. The molecule has 0 aliphatic carbocycles. The molecule has 0 aromatic rings. The third-order valence-corrected chi connectivity index (χ3v) is 0. The van der Waals surface area contributed by atoms with Crippen molar-refractivity contribution in [3.8, 4) is 0 Å². The maximum atomic E-state index is 8.52. The van der Waals surface area contributed by atoms with Gasteiger partial charge in [0.05, 0.1) is 0 Å². The summed E-state index contributed by atoms with van der Waals surface area (Å²) in [6.07, 6.45) is 0. The minimum atomic E-state index is -5.17. The van der Waals surface area contributed by atoms with Crippen LogP contribution < -0.4 is 0 Å². The van der Waals surface area contributed by atoms with Gasteiger partial charge in [-0.3, -0.25) is 16.8 Å². The first kappa shape index (κ1) is 17.4. The van der Waals surface area contributed by atoms with Gasteiger partial charge in [-0.2, -0.15) is 0 Å². The Morgan fingerprint density at radius 1 is 0.636 bits per heavy atom. The van der Waals surface area contributed by atoms with E-state index < -0.39 is 20.8 Å². The fraction of sp³-hybridized carbons (Fsp3) is 0. The molecule has 0 fully saturated rings. The van der Waals surface area contributed by atoms with E-state index >= 15 is 0 Å². The molecule has 0 unspecified atom stereocenters. The maximum Gasteiger partial charge on any atom is 2.00 e. The normalized spacial score (nSPS) is 10.5. The van der Waals surface area contributed by atoms with Crippen LogP contribution in [0.4, 0.5) is 0 Å². The van der Waals surface area contributed by atoms with Gasteiger partial charge in [0.25, 0.3) is 0 Å². The Labute approximate surface area is 73.2 Å². The molecule has 0 amide bonds. The molecule has 11 heavy (non-hydrogen) atoms. The number of rotatable bonds is 0. The molecule has 8 nitrogen and oxygen atoms in total. The van der Waals surface area contributed by atoms with Gasteiger partial charge in [-0.25, -0.2) is 0 Å². The summed E-state index contributed by atoms with van der Waals surface area (Å²) in [4.78, 5) is 0. The molecule has 0 aliphatic heterocycles. The fourth-order valence-electron chi connectivity index (χ4n) is 0. The zero-order chi connectivity index (χ0) is 9.00. The molecule has 0 heterocycles. The maximum absolute atomic E-state index is 8.52. The second-order valence-electron chi connectivity index (χ2n) is 0.816. The summed E-state index contributed by atoms with van der Waals surface area (Å²) in [5.41, 5.74) is 0. The van der Waals surface area contributed by atoms with Gasteiger partial charge in [0.2, 0.25) is 0 Å². The van der Waals surface area contributed by atoms with Crippen molar-refractivity contribution in [2.45, 2.75) is 0 Å². The first-order valence-electron chi connectivity index (χ1n) is 1.33. The van der Waals surface area contributed by atoms with Gasteiger partial charge in [0, 0.05) is 20.8 Å². The van der Waals surface area contributed by atoms with Crippen LogP contribution in [0.15, 0.2) is 0 Å². The van der Waals surface area contributed by atoms with E-state index in [-0.39, 0.29) is 17.1 Å². The van der Waals surface area contributed by atoms with Crippen molar-refractivity contribution in [3.63, 3.8) is 0 Å². The fourth-order valence-corrected chi connectivity index (χ4v) is 0. The van der Waals surface area contributed by atoms with Crippen LogP contribution in [0.5, 0.6) is 0 Å². The van der Waals surface area contributed by atoms with Crippen LogP contribution in [0.25, 0.3) is 0 Å². The van der Waals surface area contributed by atoms with E-state index in [4.69, 9.17) is 35.0 Å². The summed E-state index contributed by atoms with van der Waals surface area (Å²) >= 11 is 0. The van der Waals surface area contributed by atoms with Crippen LogP contribution >= 0.6 is 0 Å². The molecule has 0 atom stereocenters. The zero-order valence-electron chi connectivity index (χ0n) is 4.46. The average Bonchev–Trinajstić information content (AvgIpc) is 1.12. The first-order valence-corrected chi connectivity index (χ1v) is 4.00. The van der Waals surface area contributed by atoms with E-state index in [1.807, 2.05) is 0 Å². The molecule has 0 aromatic heterocycles. The van der Waals surface area contributed by atoms with Crippen molar-refractivity contribution in [2.24, 2.45) is 0 Å². The Hall–Kier alpha value is 0.259. The Morgan fingerprint density at radius 3 is 0.636 bits per heavy atom. The summed E-state index contributed by atoms with van der Waals surface area (Å²) in [5, 5.41) is 0. The van der Waals surface area contributed by atoms with Crippen LogP contribution in [-0.4, -0.2) is 35.0 Å². The molecule has 0 N–H and O–H groups in total. The molecule has 0 aliphatic rings. The second kappa shape index (κ2) is 5.85. The molecular weight excluding hydrogens is 247 g/mol. The monoisotopic (exact) mass is 247 g/mol. The Bertz CT molecular complexity index is 208. The standard InChI is InChI=1S/Mn.2H2O4S/c;2*1-5(2,3)4/h;2*(H2,1,2,3,4)/q+2;;/p-4. The van der Waals surface area contributed by atoms with Crippen molar-refractivity contribution in [1.29, 1.82) is 0 Å². The topological polar surface area (TPSA) is 161 Å². The van der Waals surface area contributed by atoms with Crippen molar-refractivity contribution >= 4 is 20.8 Å². The van der Waals surface area contributed by atoms with Gasteiger partial charge in [-0.1, -0.05) is 0 Å². The summed E-state index contributed by atoms with van der Waals surface area (Å²) in [6.45, 7) is 0. The van der Waals surface area contributed by atoms with E-state index in [0.717, 1.165) is 0 Å². The van der Waals surface area contributed by atoms with Crippen molar-refractivity contribution < 1.29 is 52.1 Å². The molecule has 0 saturated heterocycles. The second-order valence-corrected chi connectivity index (χ2v) is 2.45. The SMILES string of the molecule is O=S(=O)([O-])[O-].O=S(=O)([O-])[O-].[Mn+2]. The van der Waals surface area contributed by atoms with Gasteiger partial charge >= 0.3 is 17.1 Å². The summed E-state index contributed by atoms with van der Waals surface area (Å²) in [7, 11) is -10.3. The summed E-state index contributed by atoms with van der Waals surface area (Å²) in [5.74, 6) is 0. The van der Waals surface area contributed by atoms with Crippen molar-refractivity contribution in [2.75, 3.05) is 0 Å². The van der Waals surface area contributed by atoms with Gasteiger partial charge in [-0.15, -0.1) is 0 Å². The van der Waals surface area contributed by atoms with Crippen LogP contribution in [0.2, 0.25) is 0 Å². The van der Waals surface area contributed by atoms with Crippen molar-refractivity contribution in [3.05, 3.63) is 0 Å². The van der Waals surface area contributed by atoms with Crippen LogP contribution in [0, 0.1) is 0 Å². The molecule has 11 heteroatoms. The van der Waals surface area contributed by atoms with Crippen LogP contribution in [-0.2, 0) is 37.9 Å². The molecule has 0 aromatic carbocycles. The minimum absolute atomic E-state index is 0. The van der Waals surface area contributed by atoms with Gasteiger partial charge in [-0.05, 0) is 0 Å². The largest absolute Gasteiger partial charge is 2.00 e. The number of hydrogen-bond donors (Lipinski definition) is 0. The summed E-state index contributed by atoms with van der Waals surface area (Å²) < 4.78 is 68.2. The predicted octanol–water partition coefficient (Wildman–Crippen LogP) is -2.68. The molecule has 0 bridgehead atoms. The third-order valence-electron chi connectivity index (χ3n) is 0. The van der Waals surface area contributed by atoms with E-state index in [2.05, 4.69) is 0 Å². The molecule has 0 saturated carbocycles. The van der Waals surface area contributed by atoms with E-state index in [0.29, 0.717) is 0 Å². The molecule has 1 radical (unpaired) electrons. The predicted molar refractivity (Wildman–Crippen MR) is 20.9 cm³/mol. The van der Waals surface area contributed by atoms with Gasteiger partial charge in [0.15, 0.2) is 0 Å².